The molecule has 5 nitrogen and oxygen atoms in total. The molecule has 0 radical (unpaired) electrons. The molecule has 0 saturated heterocycles. The molecule has 0 aliphatic heterocycles. The second-order valence-electron chi connectivity index (χ2n) is 4.20. The number of furan rings is 1. The van der Waals surface area contributed by atoms with E-state index in [1.54, 1.807) is 6.92 Å². The Morgan fingerprint density at radius 3 is 2.65 bits per heavy atom. The van der Waals surface area contributed by atoms with Gasteiger partial charge in [-0.3, -0.25) is 0 Å². The van der Waals surface area contributed by atoms with Crippen molar-refractivity contribution < 1.29 is 8.94 Å². The van der Waals surface area contributed by atoms with Crippen molar-refractivity contribution >= 4 is 0 Å². The molecule has 2 aromatic rings. The van der Waals surface area contributed by atoms with E-state index >= 15 is 0 Å². The van der Waals surface area contributed by atoms with E-state index in [1.165, 1.54) is 5.56 Å². The summed E-state index contributed by atoms with van der Waals surface area (Å²) in [4.78, 5) is 4.14. The van der Waals surface area contributed by atoms with E-state index in [0.717, 1.165) is 11.5 Å². The molecule has 2 heterocycles. The second-order valence-corrected chi connectivity index (χ2v) is 4.20. The molecule has 1 N–H and O–H groups in total. The Labute approximate surface area is 100 Å². The molecule has 0 fully saturated rings. The first kappa shape index (κ1) is 11.9. The van der Waals surface area contributed by atoms with E-state index in [9.17, 15) is 0 Å². The predicted octanol–water partition coefficient (Wildman–Crippen LogP) is 2.44. The predicted molar refractivity (Wildman–Crippen MR) is 62.5 cm³/mol. The number of nitrogens with zero attached hydrogens (tertiary/aromatic N) is 2. The molecule has 17 heavy (non-hydrogen) atoms. The normalized spacial score (nSPS) is 12.9. The maximum Gasteiger partial charge on any atom is 0.223 e. The van der Waals surface area contributed by atoms with E-state index in [4.69, 9.17) is 8.94 Å². The van der Waals surface area contributed by atoms with Crippen molar-refractivity contribution in [1.82, 2.24) is 15.5 Å². The van der Waals surface area contributed by atoms with Crippen molar-refractivity contribution in [3.8, 4) is 0 Å². The maximum absolute atomic E-state index is 5.50. The van der Waals surface area contributed by atoms with Crippen LogP contribution in [0.1, 0.15) is 41.8 Å². The SMILES string of the molecule is Cc1cc(C(C)NCc2noc(C)n2)c(C)o1. The van der Waals surface area contributed by atoms with E-state index < -0.39 is 0 Å². The molecule has 1 atom stereocenters. The largest absolute Gasteiger partial charge is 0.466 e. The van der Waals surface area contributed by atoms with Gasteiger partial charge in [0.25, 0.3) is 0 Å². The summed E-state index contributed by atoms with van der Waals surface area (Å²) in [6, 6.07) is 2.25. The first-order valence-corrected chi connectivity index (χ1v) is 5.65. The summed E-state index contributed by atoms with van der Waals surface area (Å²) in [5.41, 5.74) is 1.17. The van der Waals surface area contributed by atoms with E-state index in [2.05, 4.69) is 28.4 Å². The van der Waals surface area contributed by atoms with Gasteiger partial charge in [0.15, 0.2) is 5.82 Å². The first-order chi connectivity index (χ1) is 8.06. The minimum atomic E-state index is 0.200. The van der Waals surface area contributed by atoms with Crippen LogP contribution in [0, 0.1) is 20.8 Å². The van der Waals surface area contributed by atoms with Crippen LogP contribution in [0.3, 0.4) is 0 Å². The fraction of sp³-hybridized carbons (Fsp3) is 0.500. The number of rotatable bonds is 4. The molecular formula is C12H17N3O2. The lowest BCUT2D eigenvalue weighted by molar-refractivity contribution is 0.384. The van der Waals surface area contributed by atoms with Gasteiger partial charge in [0, 0.05) is 18.5 Å². The minimum absolute atomic E-state index is 0.200. The van der Waals surface area contributed by atoms with Crippen LogP contribution < -0.4 is 5.32 Å². The van der Waals surface area contributed by atoms with Crippen molar-refractivity contribution in [3.05, 3.63) is 34.9 Å². The van der Waals surface area contributed by atoms with Crippen LogP contribution in [-0.2, 0) is 6.54 Å². The third-order valence-corrected chi connectivity index (χ3v) is 2.68. The van der Waals surface area contributed by atoms with Gasteiger partial charge in [-0.05, 0) is 26.8 Å². The molecule has 2 rings (SSSR count). The summed E-state index contributed by atoms with van der Waals surface area (Å²) in [6.45, 7) is 8.38. The first-order valence-electron chi connectivity index (χ1n) is 5.65. The minimum Gasteiger partial charge on any atom is -0.466 e. The van der Waals surface area contributed by atoms with E-state index in [1.807, 2.05) is 13.8 Å². The highest BCUT2D eigenvalue weighted by Crippen LogP contribution is 2.21. The third-order valence-electron chi connectivity index (χ3n) is 2.68. The molecule has 5 heteroatoms. The number of aryl methyl sites for hydroxylation is 3. The van der Waals surface area contributed by atoms with Gasteiger partial charge in [-0.2, -0.15) is 4.98 Å². The molecule has 1 unspecified atom stereocenters. The van der Waals surface area contributed by atoms with Crippen molar-refractivity contribution in [2.45, 2.75) is 40.3 Å². The quantitative estimate of drug-likeness (QED) is 0.881. The summed E-state index contributed by atoms with van der Waals surface area (Å²) in [5.74, 6) is 3.14. The summed E-state index contributed by atoms with van der Waals surface area (Å²) in [7, 11) is 0. The number of nitrogens with one attached hydrogen (secondary N) is 1. The lowest BCUT2D eigenvalue weighted by Crippen LogP contribution is -2.19. The summed E-state index contributed by atoms with van der Waals surface area (Å²) < 4.78 is 10.4. The van der Waals surface area contributed by atoms with Crippen LogP contribution in [0.5, 0.6) is 0 Å². The highest BCUT2D eigenvalue weighted by Gasteiger charge is 2.13. The summed E-state index contributed by atoms with van der Waals surface area (Å²) >= 11 is 0. The molecule has 0 amide bonds. The Hall–Kier alpha value is -1.62. The van der Waals surface area contributed by atoms with Crippen molar-refractivity contribution in [2.24, 2.45) is 0 Å². The molecule has 0 aromatic carbocycles. The van der Waals surface area contributed by atoms with Crippen LogP contribution in [0.25, 0.3) is 0 Å². The second kappa shape index (κ2) is 4.71. The highest BCUT2D eigenvalue weighted by molar-refractivity contribution is 5.23. The van der Waals surface area contributed by atoms with E-state index in [-0.39, 0.29) is 6.04 Å². The van der Waals surface area contributed by atoms with Crippen LogP contribution in [0.2, 0.25) is 0 Å². The maximum atomic E-state index is 5.50. The third kappa shape index (κ3) is 2.74. The monoisotopic (exact) mass is 235 g/mol. The molecule has 0 aliphatic rings. The zero-order valence-electron chi connectivity index (χ0n) is 10.6. The Morgan fingerprint density at radius 2 is 2.12 bits per heavy atom. The number of hydrogen-bond donors (Lipinski definition) is 1. The van der Waals surface area contributed by atoms with Gasteiger partial charge in [0.05, 0.1) is 6.54 Å². The van der Waals surface area contributed by atoms with Gasteiger partial charge >= 0.3 is 0 Å². The lowest BCUT2D eigenvalue weighted by Gasteiger charge is -2.10. The molecular weight excluding hydrogens is 218 g/mol. The number of hydrogen-bond acceptors (Lipinski definition) is 5. The molecule has 0 spiro atoms. The van der Waals surface area contributed by atoms with Crippen LogP contribution >= 0.6 is 0 Å². The van der Waals surface area contributed by atoms with Gasteiger partial charge in [0.2, 0.25) is 5.89 Å². The summed E-state index contributed by atoms with van der Waals surface area (Å²) in [5, 5.41) is 7.17. The fourth-order valence-corrected chi connectivity index (χ4v) is 1.85. The van der Waals surface area contributed by atoms with Crippen LogP contribution in [-0.4, -0.2) is 10.1 Å². The Bertz CT molecular complexity index is 502. The standard InChI is InChI=1S/C12H17N3O2/c1-7-5-11(9(3)16-7)8(2)13-6-12-14-10(4)17-15-12/h5,8,13H,6H2,1-4H3. The van der Waals surface area contributed by atoms with Crippen LogP contribution in [0.15, 0.2) is 15.0 Å². The Balaban J connectivity index is 1.97. The average Bonchev–Trinajstić information content (AvgIpc) is 2.81. The molecule has 0 saturated carbocycles. The highest BCUT2D eigenvalue weighted by atomic mass is 16.5. The Morgan fingerprint density at radius 1 is 1.35 bits per heavy atom. The summed E-state index contributed by atoms with van der Waals surface area (Å²) in [6.07, 6.45) is 0. The van der Waals surface area contributed by atoms with Gasteiger partial charge in [-0.1, -0.05) is 5.16 Å². The smallest absolute Gasteiger partial charge is 0.223 e. The number of aromatic nitrogens is 2. The molecule has 92 valence electrons. The lowest BCUT2D eigenvalue weighted by atomic mass is 10.1. The van der Waals surface area contributed by atoms with Crippen molar-refractivity contribution in [2.75, 3.05) is 0 Å². The molecule has 0 aliphatic carbocycles. The zero-order chi connectivity index (χ0) is 12.4. The van der Waals surface area contributed by atoms with Gasteiger partial charge in [0.1, 0.15) is 11.5 Å². The fourth-order valence-electron chi connectivity index (χ4n) is 1.85. The zero-order valence-corrected chi connectivity index (χ0v) is 10.6. The van der Waals surface area contributed by atoms with Gasteiger partial charge in [-0.15, -0.1) is 0 Å². The molecule has 2 aromatic heterocycles. The Kier molecular flexibility index (Phi) is 3.28. The van der Waals surface area contributed by atoms with Gasteiger partial charge < -0.3 is 14.3 Å². The van der Waals surface area contributed by atoms with Crippen LogP contribution in [0.4, 0.5) is 0 Å². The average molecular weight is 235 g/mol. The topological polar surface area (TPSA) is 64.1 Å². The van der Waals surface area contributed by atoms with E-state index in [0.29, 0.717) is 18.3 Å². The molecule has 0 bridgehead atoms. The van der Waals surface area contributed by atoms with Crippen molar-refractivity contribution in [1.29, 1.82) is 0 Å². The van der Waals surface area contributed by atoms with Gasteiger partial charge in [-0.25, -0.2) is 0 Å². The van der Waals surface area contributed by atoms with Crippen molar-refractivity contribution in [3.63, 3.8) is 0 Å².